The van der Waals surface area contributed by atoms with Gasteiger partial charge in [0.15, 0.2) is 0 Å². The number of likely N-dealkylation sites (tertiary alicyclic amines) is 2. The number of hydrogen-bond donors (Lipinski definition) is 0. The van der Waals surface area contributed by atoms with Gasteiger partial charge in [0.05, 0.1) is 5.54 Å². The second-order valence-electron chi connectivity index (χ2n) is 6.65. The van der Waals surface area contributed by atoms with E-state index in [1.165, 1.54) is 45.2 Å². The van der Waals surface area contributed by atoms with Crippen molar-refractivity contribution in [2.24, 2.45) is 5.92 Å². The molecule has 1 spiro atoms. The zero-order chi connectivity index (χ0) is 13.3. The zero-order valence-corrected chi connectivity index (χ0v) is 11.9. The minimum Gasteiger partial charge on any atom is -0.332 e. The maximum Gasteiger partial charge on any atom is 0.223 e. The molecule has 2 aliphatic heterocycles. The number of carbonyl (C=O) groups is 1. The molecule has 3 aliphatic rings. The van der Waals surface area contributed by atoms with Crippen LogP contribution in [0.2, 0.25) is 0 Å². The molecule has 106 valence electrons. The first-order valence-electron chi connectivity index (χ1n) is 7.87. The minimum absolute atomic E-state index is 0.122. The van der Waals surface area contributed by atoms with Gasteiger partial charge in [-0.15, -0.1) is 6.58 Å². The van der Waals surface area contributed by atoms with Gasteiger partial charge in [-0.05, 0) is 51.0 Å². The van der Waals surface area contributed by atoms with Crippen LogP contribution in [0.3, 0.4) is 0 Å². The predicted molar refractivity (Wildman–Crippen MR) is 76.9 cm³/mol. The number of rotatable bonds is 4. The zero-order valence-electron chi connectivity index (χ0n) is 11.9. The summed E-state index contributed by atoms with van der Waals surface area (Å²) in [6.45, 7) is 8.16. The van der Waals surface area contributed by atoms with E-state index >= 15 is 0 Å². The van der Waals surface area contributed by atoms with Gasteiger partial charge in [-0.2, -0.15) is 0 Å². The number of nitrogens with zero attached hydrogens (tertiary/aromatic N) is 2. The Bertz CT molecular complexity index is 360. The van der Waals surface area contributed by atoms with E-state index in [1.54, 1.807) is 0 Å². The number of amides is 1. The van der Waals surface area contributed by atoms with E-state index < -0.39 is 0 Å². The molecule has 1 atom stereocenters. The van der Waals surface area contributed by atoms with E-state index in [-0.39, 0.29) is 5.54 Å². The molecule has 1 aliphatic carbocycles. The molecule has 0 radical (unpaired) electrons. The fourth-order valence-corrected chi connectivity index (χ4v) is 3.98. The van der Waals surface area contributed by atoms with Crippen molar-refractivity contribution in [3.05, 3.63) is 12.7 Å². The second-order valence-corrected chi connectivity index (χ2v) is 6.65. The molecule has 3 nitrogen and oxygen atoms in total. The van der Waals surface area contributed by atoms with Crippen LogP contribution >= 0.6 is 0 Å². The van der Waals surface area contributed by atoms with Crippen molar-refractivity contribution in [3.63, 3.8) is 0 Å². The monoisotopic (exact) mass is 262 g/mol. The van der Waals surface area contributed by atoms with E-state index in [0.29, 0.717) is 5.91 Å². The summed E-state index contributed by atoms with van der Waals surface area (Å²) in [5, 5.41) is 0. The van der Waals surface area contributed by atoms with Gasteiger partial charge in [0.1, 0.15) is 0 Å². The fourth-order valence-electron chi connectivity index (χ4n) is 3.98. The molecular weight excluding hydrogens is 236 g/mol. The highest BCUT2D eigenvalue weighted by molar-refractivity contribution is 5.78. The van der Waals surface area contributed by atoms with Gasteiger partial charge in [-0.1, -0.05) is 6.08 Å². The fraction of sp³-hybridized carbons (Fsp3) is 0.812. The highest BCUT2D eigenvalue weighted by Crippen LogP contribution is 2.38. The molecule has 3 rings (SSSR count). The van der Waals surface area contributed by atoms with Gasteiger partial charge in [-0.3, -0.25) is 4.79 Å². The van der Waals surface area contributed by atoms with Gasteiger partial charge in [0, 0.05) is 26.1 Å². The lowest BCUT2D eigenvalue weighted by atomic mass is 9.79. The van der Waals surface area contributed by atoms with Crippen molar-refractivity contribution in [2.75, 3.05) is 26.2 Å². The maximum absolute atomic E-state index is 12.3. The minimum atomic E-state index is 0.122. The largest absolute Gasteiger partial charge is 0.332 e. The quantitative estimate of drug-likeness (QED) is 0.727. The summed E-state index contributed by atoms with van der Waals surface area (Å²) in [6, 6.07) is 0. The summed E-state index contributed by atoms with van der Waals surface area (Å²) in [5.41, 5.74) is 0.122. The van der Waals surface area contributed by atoms with Crippen molar-refractivity contribution < 1.29 is 4.79 Å². The second kappa shape index (κ2) is 5.28. The van der Waals surface area contributed by atoms with Crippen LogP contribution in [0.5, 0.6) is 0 Å². The molecule has 1 saturated carbocycles. The van der Waals surface area contributed by atoms with Crippen molar-refractivity contribution in [1.29, 1.82) is 0 Å². The van der Waals surface area contributed by atoms with Gasteiger partial charge < -0.3 is 9.80 Å². The molecule has 2 heterocycles. The molecule has 0 aromatic heterocycles. The van der Waals surface area contributed by atoms with Crippen LogP contribution in [0.15, 0.2) is 12.7 Å². The van der Waals surface area contributed by atoms with Crippen molar-refractivity contribution in [2.45, 2.75) is 50.5 Å². The standard InChI is InChI=1S/C16H26N2O/c1-2-10-18-15(19)5-3-8-16(18)9-4-11-17(13-16)12-14-6-7-14/h2,14H,1,3-13H2/t16-/m0/s1. The van der Waals surface area contributed by atoms with Crippen LogP contribution in [0, 0.1) is 5.92 Å². The molecule has 3 heteroatoms. The summed E-state index contributed by atoms with van der Waals surface area (Å²) in [4.78, 5) is 17.0. The molecule has 3 fully saturated rings. The van der Waals surface area contributed by atoms with E-state index in [9.17, 15) is 4.79 Å². The first-order chi connectivity index (χ1) is 9.23. The Morgan fingerprint density at radius 1 is 1.32 bits per heavy atom. The lowest BCUT2D eigenvalue weighted by Gasteiger charge is -2.52. The van der Waals surface area contributed by atoms with Crippen LogP contribution in [0.25, 0.3) is 0 Å². The smallest absolute Gasteiger partial charge is 0.223 e. The van der Waals surface area contributed by atoms with Crippen molar-refractivity contribution >= 4 is 5.91 Å². The van der Waals surface area contributed by atoms with Crippen LogP contribution in [0.4, 0.5) is 0 Å². The van der Waals surface area contributed by atoms with Crippen LogP contribution < -0.4 is 0 Å². The highest BCUT2D eigenvalue weighted by atomic mass is 16.2. The first kappa shape index (κ1) is 13.2. The molecule has 0 aromatic carbocycles. The van der Waals surface area contributed by atoms with E-state index in [4.69, 9.17) is 0 Å². The van der Waals surface area contributed by atoms with Crippen LogP contribution in [-0.4, -0.2) is 47.4 Å². The average molecular weight is 262 g/mol. The summed E-state index contributed by atoms with van der Waals surface area (Å²) in [7, 11) is 0. The van der Waals surface area contributed by atoms with Gasteiger partial charge in [-0.25, -0.2) is 0 Å². The van der Waals surface area contributed by atoms with Crippen LogP contribution in [0.1, 0.15) is 44.9 Å². The Hall–Kier alpha value is -0.830. The molecule has 0 unspecified atom stereocenters. The highest BCUT2D eigenvalue weighted by Gasteiger charge is 2.45. The maximum atomic E-state index is 12.3. The summed E-state index contributed by atoms with van der Waals surface area (Å²) < 4.78 is 0. The number of hydrogen-bond acceptors (Lipinski definition) is 2. The van der Waals surface area contributed by atoms with E-state index in [2.05, 4.69) is 16.4 Å². The Morgan fingerprint density at radius 2 is 2.11 bits per heavy atom. The predicted octanol–water partition coefficient (Wildman–Crippen LogP) is 2.43. The Kier molecular flexibility index (Phi) is 3.66. The molecule has 0 bridgehead atoms. The Morgan fingerprint density at radius 3 is 2.84 bits per heavy atom. The van der Waals surface area contributed by atoms with Gasteiger partial charge >= 0.3 is 0 Å². The number of carbonyl (C=O) groups excluding carboxylic acids is 1. The van der Waals surface area contributed by atoms with Crippen molar-refractivity contribution in [1.82, 2.24) is 9.80 Å². The van der Waals surface area contributed by atoms with Gasteiger partial charge in [0.25, 0.3) is 0 Å². The third-order valence-corrected chi connectivity index (χ3v) is 5.07. The summed E-state index contributed by atoms with van der Waals surface area (Å²) >= 11 is 0. The summed E-state index contributed by atoms with van der Waals surface area (Å²) in [5.74, 6) is 1.29. The topological polar surface area (TPSA) is 23.6 Å². The average Bonchev–Trinajstić information content (AvgIpc) is 3.19. The molecule has 0 aromatic rings. The normalized spacial score (nSPS) is 32.8. The van der Waals surface area contributed by atoms with Gasteiger partial charge in [0.2, 0.25) is 5.91 Å². The molecule has 0 N–H and O–H groups in total. The molecular formula is C16H26N2O. The Labute approximate surface area is 116 Å². The lowest BCUT2D eigenvalue weighted by Crippen LogP contribution is -2.62. The Balaban J connectivity index is 1.73. The SMILES string of the molecule is C=CCN1C(=O)CCC[C@@]12CCCN(CC1CC1)C2. The third-order valence-electron chi connectivity index (χ3n) is 5.07. The van der Waals surface area contributed by atoms with Crippen LogP contribution in [-0.2, 0) is 4.79 Å². The first-order valence-corrected chi connectivity index (χ1v) is 7.87. The van der Waals surface area contributed by atoms with E-state index in [1.807, 2.05) is 6.08 Å². The number of piperidine rings is 2. The summed E-state index contributed by atoms with van der Waals surface area (Å²) in [6.07, 6.45) is 10.2. The molecule has 2 saturated heterocycles. The van der Waals surface area contributed by atoms with E-state index in [0.717, 1.165) is 31.8 Å². The third kappa shape index (κ3) is 2.71. The lowest BCUT2D eigenvalue weighted by molar-refractivity contribution is -0.144. The van der Waals surface area contributed by atoms with Crippen molar-refractivity contribution in [3.8, 4) is 0 Å². The molecule has 1 amide bonds. The molecule has 19 heavy (non-hydrogen) atoms.